The second kappa shape index (κ2) is 10.0. The van der Waals surface area contributed by atoms with E-state index in [4.69, 9.17) is 4.74 Å². The smallest absolute Gasteiger partial charge is 0.237 e. The number of nitrogens with one attached hydrogen (secondary N) is 2. The lowest BCUT2D eigenvalue weighted by molar-refractivity contribution is -0.115. The van der Waals surface area contributed by atoms with Crippen molar-refractivity contribution in [2.75, 3.05) is 23.0 Å². The Labute approximate surface area is 164 Å². The highest BCUT2D eigenvalue weighted by atomic mass is 32.2. The van der Waals surface area contributed by atoms with Gasteiger partial charge in [-0.1, -0.05) is 12.1 Å². The van der Waals surface area contributed by atoms with Crippen molar-refractivity contribution in [3.8, 4) is 5.75 Å². The first-order valence-corrected chi connectivity index (χ1v) is 9.96. The molecule has 0 radical (unpaired) electrons. The number of amides is 2. The molecule has 2 amide bonds. The lowest BCUT2D eigenvalue weighted by atomic mass is 10.1. The van der Waals surface area contributed by atoms with Gasteiger partial charge in [-0.2, -0.15) is 0 Å². The van der Waals surface area contributed by atoms with Gasteiger partial charge >= 0.3 is 0 Å². The molecule has 6 heteroatoms. The molecular formula is C21H26N2O3S. The van der Waals surface area contributed by atoms with E-state index < -0.39 is 0 Å². The standard InChI is InChI=1S/C21H26N2O3S/c1-5-26-18-10-8-17(9-11-18)22-20(24)13-27-16(4)21(25)23-19-12-14(2)6-7-15(19)3/h6-12,16H,5,13H2,1-4H3,(H,22,24)(H,23,25)/t16-/m0/s1. The Balaban J connectivity index is 1.81. The molecule has 0 bridgehead atoms. The second-order valence-electron chi connectivity index (χ2n) is 6.27. The summed E-state index contributed by atoms with van der Waals surface area (Å²) in [6.45, 7) is 8.26. The summed E-state index contributed by atoms with van der Waals surface area (Å²) in [5.74, 6) is 0.717. The molecule has 1 atom stereocenters. The Kier molecular flexibility index (Phi) is 7.73. The minimum Gasteiger partial charge on any atom is -0.494 e. The van der Waals surface area contributed by atoms with Crippen molar-refractivity contribution in [3.05, 3.63) is 53.6 Å². The highest BCUT2D eigenvalue weighted by molar-refractivity contribution is 8.01. The molecule has 0 saturated carbocycles. The van der Waals surface area contributed by atoms with E-state index in [0.29, 0.717) is 12.3 Å². The third kappa shape index (κ3) is 6.64. The Morgan fingerprint density at radius 1 is 1.07 bits per heavy atom. The number of anilines is 2. The molecule has 0 unspecified atom stereocenters. The van der Waals surface area contributed by atoms with Crippen molar-refractivity contribution in [2.45, 2.75) is 32.9 Å². The number of carbonyl (C=O) groups is 2. The topological polar surface area (TPSA) is 67.4 Å². The van der Waals surface area contributed by atoms with E-state index in [1.54, 1.807) is 19.1 Å². The minimum atomic E-state index is -0.337. The molecule has 2 N–H and O–H groups in total. The molecular weight excluding hydrogens is 360 g/mol. The summed E-state index contributed by atoms with van der Waals surface area (Å²) in [5, 5.41) is 5.42. The van der Waals surface area contributed by atoms with Crippen LogP contribution in [-0.2, 0) is 9.59 Å². The number of hydrogen-bond donors (Lipinski definition) is 2. The molecule has 0 spiro atoms. The molecule has 2 aromatic rings. The third-order valence-electron chi connectivity index (χ3n) is 3.93. The van der Waals surface area contributed by atoms with Crippen molar-refractivity contribution in [1.29, 1.82) is 0 Å². The SMILES string of the molecule is CCOc1ccc(NC(=O)CS[C@@H](C)C(=O)Nc2cc(C)ccc2C)cc1. The molecule has 0 aromatic heterocycles. The molecule has 0 aliphatic carbocycles. The van der Waals surface area contributed by atoms with Crippen LogP contribution in [0.25, 0.3) is 0 Å². The van der Waals surface area contributed by atoms with Gasteiger partial charge in [0.25, 0.3) is 0 Å². The monoisotopic (exact) mass is 386 g/mol. The van der Waals surface area contributed by atoms with Crippen LogP contribution >= 0.6 is 11.8 Å². The van der Waals surface area contributed by atoms with Gasteiger partial charge in [-0.25, -0.2) is 0 Å². The Hall–Kier alpha value is -2.47. The maximum atomic E-state index is 12.4. The fourth-order valence-electron chi connectivity index (χ4n) is 2.38. The van der Waals surface area contributed by atoms with Gasteiger partial charge in [0.1, 0.15) is 5.75 Å². The average molecular weight is 387 g/mol. The highest BCUT2D eigenvalue weighted by Crippen LogP contribution is 2.20. The van der Waals surface area contributed by atoms with Gasteiger partial charge < -0.3 is 15.4 Å². The Morgan fingerprint density at radius 2 is 1.78 bits per heavy atom. The Morgan fingerprint density at radius 3 is 2.44 bits per heavy atom. The fraction of sp³-hybridized carbons (Fsp3) is 0.333. The molecule has 2 rings (SSSR count). The lowest BCUT2D eigenvalue weighted by Crippen LogP contribution is -2.25. The largest absolute Gasteiger partial charge is 0.494 e. The number of rotatable bonds is 8. The zero-order chi connectivity index (χ0) is 19.8. The quantitative estimate of drug-likeness (QED) is 0.706. The predicted molar refractivity (Wildman–Crippen MR) is 113 cm³/mol. The number of thioether (sulfide) groups is 1. The second-order valence-corrected chi connectivity index (χ2v) is 7.60. The van der Waals surface area contributed by atoms with Gasteiger partial charge in [0.2, 0.25) is 11.8 Å². The van der Waals surface area contributed by atoms with Crippen molar-refractivity contribution in [2.24, 2.45) is 0 Å². The summed E-state index contributed by atoms with van der Waals surface area (Å²) >= 11 is 1.30. The van der Waals surface area contributed by atoms with Crippen LogP contribution in [0.5, 0.6) is 5.75 Å². The summed E-state index contributed by atoms with van der Waals surface area (Å²) < 4.78 is 5.37. The normalized spacial score (nSPS) is 11.6. The lowest BCUT2D eigenvalue weighted by Gasteiger charge is -2.14. The van der Waals surface area contributed by atoms with Gasteiger partial charge in [-0.15, -0.1) is 11.8 Å². The van der Waals surface area contributed by atoms with Gasteiger partial charge in [-0.05, 0) is 69.2 Å². The minimum absolute atomic E-state index is 0.109. The first-order chi connectivity index (χ1) is 12.9. The van der Waals surface area contributed by atoms with Crippen LogP contribution in [0.4, 0.5) is 11.4 Å². The molecule has 144 valence electrons. The molecule has 5 nitrogen and oxygen atoms in total. The van der Waals surface area contributed by atoms with E-state index in [-0.39, 0.29) is 22.8 Å². The number of benzene rings is 2. The van der Waals surface area contributed by atoms with Crippen molar-refractivity contribution in [3.63, 3.8) is 0 Å². The first kappa shape index (κ1) is 20.8. The van der Waals surface area contributed by atoms with E-state index in [9.17, 15) is 9.59 Å². The first-order valence-electron chi connectivity index (χ1n) is 8.91. The van der Waals surface area contributed by atoms with Gasteiger partial charge in [0, 0.05) is 11.4 Å². The van der Waals surface area contributed by atoms with Gasteiger partial charge in [-0.3, -0.25) is 9.59 Å². The Bertz CT molecular complexity index is 791. The molecule has 0 aliphatic heterocycles. The molecule has 27 heavy (non-hydrogen) atoms. The number of aryl methyl sites for hydroxylation is 2. The summed E-state index contributed by atoms with van der Waals surface area (Å²) in [5.41, 5.74) is 3.62. The van der Waals surface area contributed by atoms with E-state index in [0.717, 1.165) is 22.6 Å². The van der Waals surface area contributed by atoms with Crippen LogP contribution in [-0.4, -0.2) is 29.4 Å². The van der Waals surface area contributed by atoms with Crippen LogP contribution in [0.15, 0.2) is 42.5 Å². The maximum absolute atomic E-state index is 12.4. The van der Waals surface area contributed by atoms with E-state index in [1.807, 2.05) is 51.1 Å². The van der Waals surface area contributed by atoms with Crippen molar-refractivity contribution < 1.29 is 14.3 Å². The van der Waals surface area contributed by atoms with E-state index >= 15 is 0 Å². The summed E-state index contributed by atoms with van der Waals surface area (Å²) in [4.78, 5) is 24.5. The summed E-state index contributed by atoms with van der Waals surface area (Å²) in [6.07, 6.45) is 0. The summed E-state index contributed by atoms with van der Waals surface area (Å²) in [6, 6.07) is 13.2. The molecule has 0 heterocycles. The van der Waals surface area contributed by atoms with Crippen molar-refractivity contribution >= 4 is 35.0 Å². The zero-order valence-electron chi connectivity index (χ0n) is 16.2. The van der Waals surface area contributed by atoms with Crippen LogP contribution in [0.2, 0.25) is 0 Å². The van der Waals surface area contributed by atoms with Crippen LogP contribution in [0.1, 0.15) is 25.0 Å². The molecule has 2 aromatic carbocycles. The van der Waals surface area contributed by atoms with E-state index in [2.05, 4.69) is 10.6 Å². The van der Waals surface area contributed by atoms with Gasteiger partial charge in [0.15, 0.2) is 0 Å². The molecule has 0 saturated heterocycles. The van der Waals surface area contributed by atoms with Crippen LogP contribution in [0, 0.1) is 13.8 Å². The number of hydrogen-bond acceptors (Lipinski definition) is 4. The zero-order valence-corrected chi connectivity index (χ0v) is 17.0. The molecule has 0 aliphatic rings. The predicted octanol–water partition coefficient (Wildman–Crippen LogP) is 4.40. The van der Waals surface area contributed by atoms with E-state index in [1.165, 1.54) is 11.8 Å². The summed E-state index contributed by atoms with van der Waals surface area (Å²) in [7, 11) is 0. The number of ether oxygens (including phenoxy) is 1. The maximum Gasteiger partial charge on any atom is 0.237 e. The van der Waals surface area contributed by atoms with Gasteiger partial charge in [0.05, 0.1) is 17.6 Å². The van der Waals surface area contributed by atoms with Crippen molar-refractivity contribution in [1.82, 2.24) is 0 Å². The number of carbonyl (C=O) groups excluding carboxylic acids is 2. The van der Waals surface area contributed by atoms with Crippen LogP contribution in [0.3, 0.4) is 0 Å². The highest BCUT2D eigenvalue weighted by Gasteiger charge is 2.16. The molecule has 0 fully saturated rings. The average Bonchev–Trinajstić information content (AvgIpc) is 2.64. The van der Waals surface area contributed by atoms with Crippen LogP contribution < -0.4 is 15.4 Å². The third-order valence-corrected chi connectivity index (χ3v) is 5.08. The fourth-order valence-corrected chi connectivity index (χ4v) is 3.06.